The van der Waals surface area contributed by atoms with Gasteiger partial charge in [0.25, 0.3) is 0 Å². The molecule has 4 heteroatoms. The molecule has 66 valence electrons. The molecule has 0 amide bonds. The summed E-state index contributed by atoms with van der Waals surface area (Å²) in [5, 5.41) is 0. The summed E-state index contributed by atoms with van der Waals surface area (Å²) in [5.74, 6) is 0.779. The van der Waals surface area contributed by atoms with Crippen molar-refractivity contribution in [2.75, 3.05) is 18.2 Å². The van der Waals surface area contributed by atoms with Crippen LogP contribution in [0.3, 0.4) is 0 Å². The van der Waals surface area contributed by atoms with Gasteiger partial charge in [-0.15, -0.1) is 0 Å². The third kappa shape index (κ3) is 2.71. The lowest BCUT2D eigenvalue weighted by atomic mass is 10.3. The van der Waals surface area contributed by atoms with Crippen molar-refractivity contribution in [1.82, 2.24) is 0 Å². The van der Waals surface area contributed by atoms with Gasteiger partial charge in [-0.3, -0.25) is 0 Å². The van der Waals surface area contributed by atoms with Gasteiger partial charge in [-0.05, 0) is 12.1 Å². The third-order valence-corrected chi connectivity index (χ3v) is 1.74. The van der Waals surface area contributed by atoms with E-state index in [0.29, 0.717) is 0 Å². The molecule has 0 heterocycles. The molecule has 0 spiro atoms. The number of anilines is 1. The summed E-state index contributed by atoms with van der Waals surface area (Å²) in [6.07, 6.45) is 0. The van der Waals surface area contributed by atoms with Crippen LogP contribution in [0, 0.1) is 0 Å². The molecule has 1 aromatic carbocycles. The second-order valence-electron chi connectivity index (χ2n) is 2.17. The SMILES string of the molecule is COCOc1cccc(NBr)c1. The Hall–Kier alpha value is -0.740. The van der Waals surface area contributed by atoms with Crippen LogP contribution in [0.15, 0.2) is 24.3 Å². The molecule has 0 aliphatic heterocycles. The Labute approximate surface area is 80.0 Å². The normalized spacial score (nSPS) is 9.50. The van der Waals surface area contributed by atoms with E-state index in [2.05, 4.69) is 20.5 Å². The van der Waals surface area contributed by atoms with Crippen LogP contribution in [0.1, 0.15) is 0 Å². The van der Waals surface area contributed by atoms with E-state index in [1.165, 1.54) is 0 Å². The molecule has 0 atom stereocenters. The van der Waals surface area contributed by atoms with E-state index in [0.717, 1.165) is 11.4 Å². The molecule has 1 rings (SSSR count). The van der Waals surface area contributed by atoms with Crippen LogP contribution in [-0.4, -0.2) is 13.9 Å². The van der Waals surface area contributed by atoms with E-state index in [9.17, 15) is 0 Å². The Balaban J connectivity index is 2.60. The van der Waals surface area contributed by atoms with Gasteiger partial charge in [0.05, 0.1) is 0 Å². The highest BCUT2D eigenvalue weighted by atomic mass is 79.9. The number of hydrogen-bond donors (Lipinski definition) is 1. The topological polar surface area (TPSA) is 30.5 Å². The number of benzene rings is 1. The lowest BCUT2D eigenvalue weighted by Gasteiger charge is -2.05. The highest BCUT2D eigenvalue weighted by Crippen LogP contribution is 2.17. The first-order valence-electron chi connectivity index (χ1n) is 3.45. The fourth-order valence-electron chi connectivity index (χ4n) is 0.772. The van der Waals surface area contributed by atoms with Crippen molar-refractivity contribution in [3.63, 3.8) is 0 Å². The fraction of sp³-hybridized carbons (Fsp3) is 0.250. The van der Waals surface area contributed by atoms with Crippen LogP contribution >= 0.6 is 16.1 Å². The predicted octanol–water partition coefficient (Wildman–Crippen LogP) is 2.39. The average molecular weight is 232 g/mol. The van der Waals surface area contributed by atoms with Crippen molar-refractivity contribution in [3.05, 3.63) is 24.3 Å². The summed E-state index contributed by atoms with van der Waals surface area (Å²) in [5.41, 5.74) is 0.948. The first-order valence-corrected chi connectivity index (χ1v) is 4.24. The van der Waals surface area contributed by atoms with Gasteiger partial charge >= 0.3 is 0 Å². The largest absolute Gasteiger partial charge is 0.467 e. The van der Waals surface area contributed by atoms with Crippen LogP contribution in [0.2, 0.25) is 0 Å². The molecule has 0 saturated heterocycles. The van der Waals surface area contributed by atoms with Gasteiger partial charge in [-0.2, -0.15) is 0 Å². The maximum absolute atomic E-state index is 5.21. The van der Waals surface area contributed by atoms with Crippen LogP contribution < -0.4 is 9.08 Å². The Bertz CT molecular complexity index is 242. The van der Waals surface area contributed by atoms with Crippen molar-refractivity contribution < 1.29 is 9.47 Å². The molecule has 0 radical (unpaired) electrons. The summed E-state index contributed by atoms with van der Waals surface area (Å²) >= 11 is 3.12. The van der Waals surface area contributed by atoms with E-state index in [1.54, 1.807) is 7.11 Å². The van der Waals surface area contributed by atoms with E-state index in [-0.39, 0.29) is 6.79 Å². The Kier molecular flexibility index (Phi) is 3.90. The lowest BCUT2D eigenvalue weighted by molar-refractivity contribution is 0.0512. The van der Waals surface area contributed by atoms with Crippen LogP contribution in [0.4, 0.5) is 5.69 Å². The van der Waals surface area contributed by atoms with E-state index in [1.807, 2.05) is 24.3 Å². The summed E-state index contributed by atoms with van der Waals surface area (Å²) in [4.78, 5) is 0. The highest BCUT2D eigenvalue weighted by Gasteiger charge is 1.93. The van der Waals surface area contributed by atoms with Crippen molar-refractivity contribution >= 4 is 21.8 Å². The molecule has 0 aromatic heterocycles. The molecular weight excluding hydrogens is 222 g/mol. The Morgan fingerprint density at radius 2 is 2.33 bits per heavy atom. The second kappa shape index (κ2) is 5.00. The van der Waals surface area contributed by atoms with Crippen molar-refractivity contribution in [3.8, 4) is 5.75 Å². The number of hydrogen-bond acceptors (Lipinski definition) is 3. The number of rotatable bonds is 4. The highest BCUT2D eigenvalue weighted by molar-refractivity contribution is 9.10. The van der Waals surface area contributed by atoms with Crippen molar-refractivity contribution in [2.24, 2.45) is 0 Å². The summed E-state index contributed by atoms with van der Waals surface area (Å²) in [7, 11) is 1.59. The van der Waals surface area contributed by atoms with Gasteiger partial charge in [-0.25, -0.2) is 0 Å². The second-order valence-corrected chi connectivity index (χ2v) is 2.57. The van der Waals surface area contributed by atoms with Gasteiger partial charge in [0.1, 0.15) is 5.75 Å². The molecule has 12 heavy (non-hydrogen) atoms. The maximum atomic E-state index is 5.21. The summed E-state index contributed by atoms with van der Waals surface area (Å²) in [6.45, 7) is 0.270. The number of nitrogens with one attached hydrogen (secondary N) is 1. The van der Waals surface area contributed by atoms with E-state index < -0.39 is 0 Å². The third-order valence-electron chi connectivity index (χ3n) is 1.29. The van der Waals surface area contributed by atoms with Crippen molar-refractivity contribution in [1.29, 1.82) is 0 Å². The van der Waals surface area contributed by atoms with Gasteiger partial charge in [0.15, 0.2) is 6.79 Å². The number of halogens is 1. The van der Waals surface area contributed by atoms with E-state index in [4.69, 9.17) is 9.47 Å². The molecular formula is C8H10BrNO2. The van der Waals surface area contributed by atoms with Gasteiger partial charge in [0.2, 0.25) is 0 Å². The molecule has 0 aliphatic carbocycles. The van der Waals surface area contributed by atoms with Crippen LogP contribution in [0.5, 0.6) is 5.75 Å². The lowest BCUT2D eigenvalue weighted by Crippen LogP contribution is -1.98. The minimum Gasteiger partial charge on any atom is -0.467 e. The first-order chi connectivity index (χ1) is 5.86. The quantitative estimate of drug-likeness (QED) is 0.638. The molecule has 0 saturated carbocycles. The molecule has 0 unspecified atom stereocenters. The first kappa shape index (κ1) is 9.35. The summed E-state index contributed by atoms with van der Waals surface area (Å²) < 4.78 is 12.8. The van der Waals surface area contributed by atoms with Gasteiger partial charge in [-0.1, -0.05) is 6.07 Å². The molecule has 0 bridgehead atoms. The van der Waals surface area contributed by atoms with Crippen LogP contribution in [0.25, 0.3) is 0 Å². The summed E-state index contributed by atoms with van der Waals surface area (Å²) in [6, 6.07) is 7.56. The predicted molar refractivity (Wildman–Crippen MR) is 51.5 cm³/mol. The molecule has 0 fully saturated rings. The van der Waals surface area contributed by atoms with Gasteiger partial charge < -0.3 is 13.8 Å². The van der Waals surface area contributed by atoms with Crippen molar-refractivity contribution in [2.45, 2.75) is 0 Å². The van der Waals surface area contributed by atoms with E-state index >= 15 is 0 Å². The average Bonchev–Trinajstić information content (AvgIpc) is 2.15. The molecule has 1 aromatic rings. The molecule has 1 N–H and O–H groups in total. The zero-order valence-electron chi connectivity index (χ0n) is 6.71. The monoisotopic (exact) mass is 231 g/mol. The molecule has 0 aliphatic rings. The molecule has 3 nitrogen and oxygen atoms in total. The zero-order chi connectivity index (χ0) is 8.81. The number of methoxy groups -OCH3 is 1. The van der Waals surface area contributed by atoms with Crippen LogP contribution in [-0.2, 0) is 4.74 Å². The fourth-order valence-corrected chi connectivity index (χ4v) is 1.02. The minimum absolute atomic E-state index is 0.270. The Morgan fingerprint density at radius 3 is 3.00 bits per heavy atom. The zero-order valence-corrected chi connectivity index (χ0v) is 8.30. The standard InChI is InChI=1S/C8H10BrNO2/c1-11-6-12-8-4-2-3-7(5-8)10-9/h2-5,10H,6H2,1H3. The van der Waals surface area contributed by atoms with Gasteiger partial charge in [0, 0.05) is 35.0 Å². The Morgan fingerprint density at radius 1 is 1.50 bits per heavy atom. The minimum atomic E-state index is 0.270. The number of ether oxygens (including phenoxy) is 2. The smallest absolute Gasteiger partial charge is 0.188 e. The maximum Gasteiger partial charge on any atom is 0.188 e.